The van der Waals surface area contributed by atoms with E-state index in [0.29, 0.717) is 13.2 Å². The average molecular weight is 449 g/mol. The lowest BCUT2D eigenvalue weighted by molar-refractivity contribution is 0.00506. The molecule has 0 fully saturated rings. The Morgan fingerprint density at radius 3 is 1.75 bits per heavy atom. The van der Waals surface area contributed by atoms with E-state index in [1.807, 2.05) is 12.1 Å². The van der Waals surface area contributed by atoms with Gasteiger partial charge in [0.1, 0.15) is 5.75 Å². The summed E-state index contributed by atoms with van der Waals surface area (Å²) >= 11 is 0. The Morgan fingerprint density at radius 2 is 1.31 bits per heavy atom. The fraction of sp³-hybridized carbons (Fsp3) is 0.357. The second kappa shape index (κ2) is 11.0. The van der Waals surface area contributed by atoms with Crippen LogP contribution in [-0.4, -0.2) is 28.1 Å². The zero-order valence-electron chi connectivity index (χ0n) is 20.0. The summed E-state index contributed by atoms with van der Waals surface area (Å²) in [4.78, 5) is 0. The molecule has 0 saturated heterocycles. The quantitative estimate of drug-likeness (QED) is 0.380. The molecule has 0 amide bonds. The van der Waals surface area contributed by atoms with E-state index in [1.165, 1.54) is 10.4 Å². The normalized spacial score (nSPS) is 13.0. The maximum Gasteiger partial charge on any atom is 0.261 e. The fourth-order valence-corrected chi connectivity index (χ4v) is 8.79. The Hall–Kier alpha value is -2.40. The van der Waals surface area contributed by atoms with Crippen molar-refractivity contribution in [2.24, 2.45) is 0 Å². The smallest absolute Gasteiger partial charge is 0.261 e. The highest BCUT2D eigenvalue weighted by molar-refractivity contribution is 6.99. The zero-order chi connectivity index (χ0) is 23.0. The van der Waals surface area contributed by atoms with Gasteiger partial charge in [0.05, 0.1) is 26.4 Å². The molecule has 0 bridgehead atoms. The van der Waals surface area contributed by atoms with E-state index in [-0.39, 0.29) is 11.1 Å². The first-order chi connectivity index (χ1) is 15.4. The van der Waals surface area contributed by atoms with Crippen molar-refractivity contribution in [3.63, 3.8) is 0 Å². The van der Waals surface area contributed by atoms with Crippen LogP contribution in [0.5, 0.6) is 5.75 Å². The number of methoxy groups -OCH3 is 1. The van der Waals surface area contributed by atoms with Gasteiger partial charge in [-0.3, -0.25) is 0 Å². The van der Waals surface area contributed by atoms with Crippen molar-refractivity contribution in [1.29, 1.82) is 0 Å². The summed E-state index contributed by atoms with van der Waals surface area (Å²) in [5.74, 6) is 0.857. The second-order valence-corrected chi connectivity index (χ2v) is 13.5. The van der Waals surface area contributed by atoms with Crippen LogP contribution in [0.4, 0.5) is 0 Å². The molecule has 0 aromatic heterocycles. The lowest BCUT2D eigenvalue weighted by Crippen LogP contribution is -2.67. The van der Waals surface area contributed by atoms with Crippen LogP contribution in [0.3, 0.4) is 0 Å². The number of benzene rings is 3. The molecule has 0 aliphatic carbocycles. The largest absolute Gasteiger partial charge is 0.497 e. The van der Waals surface area contributed by atoms with Crippen LogP contribution in [-0.2, 0) is 15.8 Å². The predicted octanol–water partition coefficient (Wildman–Crippen LogP) is 5.57. The molecule has 0 spiro atoms. The molecule has 3 aromatic carbocycles. The van der Waals surface area contributed by atoms with Gasteiger partial charge >= 0.3 is 0 Å². The molecular weight excluding hydrogens is 412 g/mol. The van der Waals surface area contributed by atoms with E-state index in [4.69, 9.17) is 13.9 Å². The van der Waals surface area contributed by atoms with E-state index in [1.54, 1.807) is 7.11 Å². The van der Waals surface area contributed by atoms with Crippen LogP contribution in [0.15, 0.2) is 84.9 Å². The van der Waals surface area contributed by atoms with E-state index < -0.39 is 8.32 Å². The molecule has 4 heteroatoms. The third-order valence-corrected chi connectivity index (χ3v) is 11.0. The Balaban J connectivity index is 1.84. The van der Waals surface area contributed by atoms with Crippen molar-refractivity contribution in [1.82, 2.24) is 0 Å². The van der Waals surface area contributed by atoms with Gasteiger partial charge in [0.15, 0.2) is 0 Å². The maximum absolute atomic E-state index is 7.04. The van der Waals surface area contributed by atoms with E-state index >= 15 is 0 Å². The molecule has 170 valence electrons. The SMILES string of the molecule is CCC(CO[Si](c1ccccc1)(c1ccccc1)C(C)(C)C)OCc1ccc(OC)cc1. The summed E-state index contributed by atoms with van der Waals surface area (Å²) in [6, 6.07) is 29.6. The lowest BCUT2D eigenvalue weighted by atomic mass is 10.2. The van der Waals surface area contributed by atoms with Gasteiger partial charge in [-0.15, -0.1) is 0 Å². The zero-order valence-corrected chi connectivity index (χ0v) is 21.0. The number of hydrogen-bond acceptors (Lipinski definition) is 3. The van der Waals surface area contributed by atoms with Crippen LogP contribution in [0.25, 0.3) is 0 Å². The highest BCUT2D eigenvalue weighted by atomic mass is 28.4. The minimum atomic E-state index is -2.55. The van der Waals surface area contributed by atoms with Crippen molar-refractivity contribution in [3.05, 3.63) is 90.5 Å². The summed E-state index contributed by atoms with van der Waals surface area (Å²) in [5.41, 5.74) is 1.13. The van der Waals surface area contributed by atoms with Gasteiger partial charge in [-0.2, -0.15) is 0 Å². The van der Waals surface area contributed by atoms with E-state index in [2.05, 4.69) is 100 Å². The van der Waals surface area contributed by atoms with Crippen LogP contribution < -0.4 is 15.1 Å². The highest BCUT2D eigenvalue weighted by Crippen LogP contribution is 2.37. The summed E-state index contributed by atoms with van der Waals surface area (Å²) in [7, 11) is -0.864. The van der Waals surface area contributed by atoms with Crippen LogP contribution >= 0.6 is 0 Å². The number of hydrogen-bond donors (Lipinski definition) is 0. The summed E-state index contributed by atoms with van der Waals surface area (Å²) in [6.45, 7) is 10.2. The van der Waals surface area contributed by atoms with Crippen molar-refractivity contribution in [2.75, 3.05) is 13.7 Å². The van der Waals surface area contributed by atoms with Gasteiger partial charge in [0.25, 0.3) is 8.32 Å². The van der Waals surface area contributed by atoms with Crippen LogP contribution in [0.1, 0.15) is 39.7 Å². The average Bonchev–Trinajstić information content (AvgIpc) is 2.82. The van der Waals surface area contributed by atoms with Crippen LogP contribution in [0, 0.1) is 0 Å². The number of rotatable bonds is 10. The molecule has 3 rings (SSSR count). The number of ether oxygens (including phenoxy) is 2. The minimum absolute atomic E-state index is 0.0266. The molecule has 3 nitrogen and oxygen atoms in total. The Bertz CT molecular complexity index is 894. The molecule has 32 heavy (non-hydrogen) atoms. The standard InChI is InChI=1S/C28H36O3Si/c1-6-24(30-21-23-17-19-25(29-5)20-18-23)22-31-32(28(2,3)4,26-13-9-7-10-14-26)27-15-11-8-12-16-27/h7-20,24H,6,21-22H2,1-5H3. The minimum Gasteiger partial charge on any atom is -0.497 e. The summed E-state index contributed by atoms with van der Waals surface area (Å²) in [6.07, 6.45) is 0.924. The van der Waals surface area contributed by atoms with E-state index in [9.17, 15) is 0 Å². The summed E-state index contributed by atoms with van der Waals surface area (Å²) < 4.78 is 18.6. The first-order valence-electron chi connectivity index (χ1n) is 11.4. The highest BCUT2D eigenvalue weighted by Gasteiger charge is 2.50. The molecule has 0 N–H and O–H groups in total. The molecule has 0 aliphatic heterocycles. The van der Waals surface area contributed by atoms with Crippen molar-refractivity contribution < 1.29 is 13.9 Å². The molecular formula is C28H36O3Si. The van der Waals surface area contributed by atoms with Gasteiger partial charge in [0, 0.05) is 0 Å². The van der Waals surface area contributed by atoms with E-state index in [0.717, 1.165) is 17.7 Å². The lowest BCUT2D eigenvalue weighted by Gasteiger charge is -2.43. The Kier molecular flexibility index (Phi) is 8.30. The van der Waals surface area contributed by atoms with Crippen molar-refractivity contribution in [2.45, 2.75) is 51.9 Å². The molecule has 1 atom stereocenters. The van der Waals surface area contributed by atoms with Gasteiger partial charge in [-0.05, 0) is 39.5 Å². The van der Waals surface area contributed by atoms with Crippen molar-refractivity contribution in [3.8, 4) is 5.75 Å². The Labute approximate surface area is 194 Å². The molecule has 0 saturated carbocycles. The first-order valence-corrected chi connectivity index (χ1v) is 13.3. The predicted molar refractivity (Wildman–Crippen MR) is 135 cm³/mol. The van der Waals surface area contributed by atoms with Crippen molar-refractivity contribution >= 4 is 18.7 Å². The topological polar surface area (TPSA) is 27.7 Å². The molecule has 1 unspecified atom stereocenters. The molecule has 0 heterocycles. The molecule has 3 aromatic rings. The van der Waals surface area contributed by atoms with Gasteiger partial charge in [-0.25, -0.2) is 0 Å². The maximum atomic E-state index is 7.04. The van der Waals surface area contributed by atoms with Crippen LogP contribution in [0.2, 0.25) is 5.04 Å². The third-order valence-electron chi connectivity index (χ3n) is 6.00. The van der Waals surface area contributed by atoms with Gasteiger partial charge in [0.2, 0.25) is 0 Å². The molecule has 0 radical (unpaired) electrons. The summed E-state index contributed by atoms with van der Waals surface area (Å²) in [5, 5.41) is 2.55. The van der Waals surface area contributed by atoms with Gasteiger partial charge in [-0.1, -0.05) is 100 Å². The Morgan fingerprint density at radius 1 is 0.781 bits per heavy atom. The van der Waals surface area contributed by atoms with Gasteiger partial charge < -0.3 is 13.9 Å². The molecule has 0 aliphatic rings. The first kappa shape index (κ1) is 24.2. The second-order valence-electron chi connectivity index (χ2n) is 9.16. The fourth-order valence-electron chi connectivity index (χ4n) is 4.20. The third kappa shape index (κ3) is 5.50. The monoisotopic (exact) mass is 448 g/mol.